The first kappa shape index (κ1) is 16.1. The summed E-state index contributed by atoms with van der Waals surface area (Å²) in [5.41, 5.74) is 0.0311. The van der Waals surface area contributed by atoms with E-state index in [9.17, 15) is 9.18 Å². The summed E-state index contributed by atoms with van der Waals surface area (Å²) < 4.78 is 18.3. The van der Waals surface area contributed by atoms with Gasteiger partial charge in [0, 0.05) is 11.4 Å². The molecule has 0 radical (unpaired) electrons. The highest BCUT2D eigenvalue weighted by Crippen LogP contribution is 2.33. The minimum absolute atomic E-state index is 0.0693. The Morgan fingerprint density at radius 1 is 1.48 bits per heavy atom. The SMILES string of the molecule is COc1cc(C(=O)NC2(CCl)CCC(C)CC2)ccc1F. The van der Waals surface area contributed by atoms with Gasteiger partial charge in [-0.25, -0.2) is 4.39 Å². The molecule has 0 atom stereocenters. The number of ether oxygens (including phenoxy) is 1. The summed E-state index contributed by atoms with van der Waals surface area (Å²) in [6.45, 7) is 2.21. The van der Waals surface area contributed by atoms with Gasteiger partial charge < -0.3 is 10.1 Å². The lowest BCUT2D eigenvalue weighted by atomic mass is 9.78. The lowest BCUT2D eigenvalue weighted by molar-refractivity contribution is 0.0872. The maximum atomic E-state index is 13.4. The zero-order valence-corrected chi connectivity index (χ0v) is 13.2. The van der Waals surface area contributed by atoms with Gasteiger partial charge in [0.15, 0.2) is 11.6 Å². The van der Waals surface area contributed by atoms with E-state index in [0.29, 0.717) is 17.4 Å². The van der Waals surface area contributed by atoms with Gasteiger partial charge in [0.2, 0.25) is 0 Å². The van der Waals surface area contributed by atoms with Crippen LogP contribution in [0, 0.1) is 11.7 Å². The molecule has 116 valence electrons. The monoisotopic (exact) mass is 313 g/mol. The van der Waals surface area contributed by atoms with Crippen LogP contribution < -0.4 is 10.1 Å². The standard InChI is InChI=1S/C16H21ClFNO2/c1-11-5-7-16(10-17,8-6-11)19-15(20)12-3-4-13(18)14(9-12)21-2/h3-4,9,11H,5-8,10H2,1-2H3,(H,19,20). The van der Waals surface area contributed by atoms with Gasteiger partial charge in [-0.15, -0.1) is 11.6 Å². The normalized spacial score (nSPS) is 25.4. The van der Waals surface area contributed by atoms with Crippen molar-refractivity contribution < 1.29 is 13.9 Å². The Hall–Kier alpha value is -1.29. The molecule has 1 aliphatic rings. The van der Waals surface area contributed by atoms with Crippen LogP contribution in [0.25, 0.3) is 0 Å². The number of carbonyl (C=O) groups excluding carboxylic acids is 1. The van der Waals surface area contributed by atoms with Crippen LogP contribution in [0.2, 0.25) is 0 Å². The van der Waals surface area contributed by atoms with Gasteiger partial charge in [0.1, 0.15) is 0 Å². The van der Waals surface area contributed by atoms with E-state index in [-0.39, 0.29) is 17.2 Å². The summed E-state index contributed by atoms with van der Waals surface area (Å²) in [6.07, 6.45) is 3.86. The van der Waals surface area contributed by atoms with E-state index in [1.165, 1.54) is 25.3 Å². The Morgan fingerprint density at radius 3 is 2.71 bits per heavy atom. The molecule has 0 aromatic heterocycles. The fourth-order valence-corrected chi connectivity index (χ4v) is 3.05. The zero-order valence-electron chi connectivity index (χ0n) is 12.4. The first-order chi connectivity index (χ1) is 9.99. The number of hydrogen-bond acceptors (Lipinski definition) is 2. The van der Waals surface area contributed by atoms with Crippen LogP contribution in [0.4, 0.5) is 4.39 Å². The van der Waals surface area contributed by atoms with Crippen LogP contribution in [-0.4, -0.2) is 24.4 Å². The Labute approximate surface area is 129 Å². The third-order valence-electron chi connectivity index (χ3n) is 4.28. The number of benzene rings is 1. The second-order valence-electron chi connectivity index (χ2n) is 5.90. The van der Waals surface area contributed by atoms with Gasteiger partial charge in [0.25, 0.3) is 5.91 Å². The van der Waals surface area contributed by atoms with E-state index in [1.54, 1.807) is 0 Å². The quantitative estimate of drug-likeness (QED) is 0.860. The molecule has 5 heteroatoms. The number of nitrogens with one attached hydrogen (secondary N) is 1. The van der Waals surface area contributed by atoms with E-state index in [4.69, 9.17) is 16.3 Å². The first-order valence-electron chi connectivity index (χ1n) is 7.22. The van der Waals surface area contributed by atoms with Crippen molar-refractivity contribution in [1.82, 2.24) is 5.32 Å². The molecule has 1 aromatic carbocycles. The minimum atomic E-state index is -0.479. The third-order valence-corrected chi connectivity index (χ3v) is 4.79. The maximum absolute atomic E-state index is 13.4. The fourth-order valence-electron chi connectivity index (χ4n) is 2.72. The van der Waals surface area contributed by atoms with Crippen molar-refractivity contribution in [2.45, 2.75) is 38.1 Å². The summed E-state index contributed by atoms with van der Waals surface area (Å²) in [5, 5.41) is 3.04. The molecular weight excluding hydrogens is 293 g/mol. The van der Waals surface area contributed by atoms with Crippen LogP contribution in [0.5, 0.6) is 5.75 Å². The molecule has 1 fully saturated rings. The predicted molar refractivity (Wildman–Crippen MR) is 81.5 cm³/mol. The van der Waals surface area contributed by atoms with Crippen molar-refractivity contribution in [3.8, 4) is 5.75 Å². The van der Waals surface area contributed by atoms with Crippen LogP contribution in [0.3, 0.4) is 0 Å². The van der Waals surface area contributed by atoms with E-state index < -0.39 is 5.82 Å². The highest BCUT2D eigenvalue weighted by molar-refractivity contribution is 6.19. The minimum Gasteiger partial charge on any atom is -0.494 e. The molecule has 1 aliphatic carbocycles. The smallest absolute Gasteiger partial charge is 0.251 e. The highest BCUT2D eigenvalue weighted by Gasteiger charge is 2.35. The van der Waals surface area contributed by atoms with Crippen molar-refractivity contribution >= 4 is 17.5 Å². The van der Waals surface area contributed by atoms with Gasteiger partial charge in [-0.1, -0.05) is 6.92 Å². The third kappa shape index (κ3) is 3.67. The molecule has 0 saturated heterocycles. The molecule has 1 N–H and O–H groups in total. The number of rotatable bonds is 4. The van der Waals surface area contributed by atoms with Crippen molar-refractivity contribution in [1.29, 1.82) is 0 Å². The summed E-state index contributed by atoms with van der Waals surface area (Å²) in [7, 11) is 1.38. The van der Waals surface area contributed by atoms with Crippen LogP contribution >= 0.6 is 11.6 Å². The summed E-state index contributed by atoms with van der Waals surface area (Å²) in [6, 6.07) is 4.11. The second kappa shape index (κ2) is 6.65. The first-order valence-corrected chi connectivity index (χ1v) is 7.75. The molecule has 1 amide bonds. The molecule has 0 spiro atoms. The molecule has 3 nitrogen and oxygen atoms in total. The van der Waals surface area contributed by atoms with Gasteiger partial charge in [-0.05, 0) is 49.8 Å². The largest absolute Gasteiger partial charge is 0.494 e. The summed E-state index contributed by atoms with van der Waals surface area (Å²) in [4.78, 5) is 12.4. The molecule has 0 aliphatic heterocycles. The number of amides is 1. The van der Waals surface area contributed by atoms with Crippen molar-refractivity contribution in [2.75, 3.05) is 13.0 Å². The average molecular weight is 314 g/mol. The van der Waals surface area contributed by atoms with E-state index in [2.05, 4.69) is 12.2 Å². The molecule has 0 bridgehead atoms. The van der Waals surface area contributed by atoms with Crippen molar-refractivity contribution in [3.63, 3.8) is 0 Å². The number of methoxy groups -OCH3 is 1. The number of halogens is 2. The molecule has 1 aromatic rings. The molecule has 1 saturated carbocycles. The highest BCUT2D eigenvalue weighted by atomic mass is 35.5. The number of hydrogen-bond donors (Lipinski definition) is 1. The van der Waals surface area contributed by atoms with Crippen molar-refractivity contribution in [3.05, 3.63) is 29.6 Å². The average Bonchev–Trinajstić information content (AvgIpc) is 2.50. The Bertz CT molecular complexity index is 513. The second-order valence-corrected chi connectivity index (χ2v) is 6.17. The number of alkyl halides is 1. The lowest BCUT2D eigenvalue weighted by Gasteiger charge is -2.38. The maximum Gasteiger partial charge on any atom is 0.251 e. The molecular formula is C16H21ClFNO2. The van der Waals surface area contributed by atoms with Crippen molar-refractivity contribution in [2.24, 2.45) is 5.92 Å². The predicted octanol–water partition coefficient (Wildman–Crippen LogP) is 3.75. The van der Waals surface area contributed by atoms with Gasteiger partial charge in [-0.3, -0.25) is 4.79 Å². The van der Waals surface area contributed by atoms with Gasteiger partial charge >= 0.3 is 0 Å². The summed E-state index contributed by atoms with van der Waals surface area (Å²) >= 11 is 6.10. The van der Waals surface area contributed by atoms with E-state index in [1.807, 2.05) is 0 Å². The van der Waals surface area contributed by atoms with Crippen LogP contribution in [0.1, 0.15) is 43.0 Å². The Morgan fingerprint density at radius 2 is 2.14 bits per heavy atom. The Balaban J connectivity index is 2.13. The molecule has 2 rings (SSSR count). The topological polar surface area (TPSA) is 38.3 Å². The van der Waals surface area contributed by atoms with Gasteiger partial charge in [0.05, 0.1) is 12.6 Å². The van der Waals surface area contributed by atoms with Crippen LogP contribution in [-0.2, 0) is 0 Å². The lowest BCUT2D eigenvalue weighted by Crippen LogP contribution is -2.52. The van der Waals surface area contributed by atoms with E-state index >= 15 is 0 Å². The fraction of sp³-hybridized carbons (Fsp3) is 0.562. The summed E-state index contributed by atoms with van der Waals surface area (Å²) in [5.74, 6) is 0.421. The zero-order chi connectivity index (χ0) is 15.5. The van der Waals surface area contributed by atoms with Crippen LogP contribution in [0.15, 0.2) is 18.2 Å². The van der Waals surface area contributed by atoms with E-state index in [0.717, 1.165) is 25.7 Å². The molecule has 21 heavy (non-hydrogen) atoms. The number of carbonyl (C=O) groups is 1. The molecule has 0 unspecified atom stereocenters. The Kier molecular flexibility index (Phi) is 5.09. The molecule has 0 heterocycles. The van der Waals surface area contributed by atoms with Gasteiger partial charge in [-0.2, -0.15) is 0 Å².